The van der Waals surface area contributed by atoms with Crippen molar-refractivity contribution < 1.29 is 98.1 Å². The van der Waals surface area contributed by atoms with Crippen LogP contribution in [0.3, 0.4) is 0 Å². The minimum Gasteiger partial charge on any atom is -1.00 e. The second-order valence-electron chi connectivity index (χ2n) is 12.6. The molecule has 0 fully saturated rings. The molecule has 316 valence electrons. The molecule has 4 aromatic carbocycles. The maximum Gasteiger partial charge on any atom is 1.00 e. The van der Waals surface area contributed by atoms with E-state index in [2.05, 4.69) is 61.8 Å². The number of aliphatic hydroxyl groups is 2. The van der Waals surface area contributed by atoms with Crippen molar-refractivity contribution in [3.8, 4) is 0 Å². The molecule has 0 aliphatic carbocycles. The molecule has 2 heterocycles. The Morgan fingerprint density at radius 2 is 0.790 bits per heavy atom. The van der Waals surface area contributed by atoms with Gasteiger partial charge in [0.2, 0.25) is 35.7 Å². The summed E-state index contributed by atoms with van der Waals surface area (Å²) in [6.45, 7) is 0.602. The molecule has 0 radical (unpaired) electrons. The topological polar surface area (TPSA) is 299 Å². The summed E-state index contributed by atoms with van der Waals surface area (Å²) < 4.78 is 71.0. The van der Waals surface area contributed by atoms with Gasteiger partial charge in [0, 0.05) is 49.1 Å². The van der Waals surface area contributed by atoms with E-state index in [1.165, 1.54) is 36.4 Å². The van der Waals surface area contributed by atoms with Gasteiger partial charge >= 0.3 is 59.1 Å². The second-order valence-corrected chi connectivity index (χ2v) is 15.4. The molecule has 0 spiro atoms. The van der Waals surface area contributed by atoms with E-state index in [4.69, 9.17) is 0 Å². The number of anilines is 10. The summed E-state index contributed by atoms with van der Waals surface area (Å²) in [6.07, 6.45) is 3.37. The van der Waals surface area contributed by atoms with Crippen LogP contribution in [0.4, 0.5) is 58.4 Å². The maximum absolute atomic E-state index is 12.6. The minimum absolute atomic E-state index is 0. The number of rotatable bonds is 20. The predicted molar refractivity (Wildman–Crippen MR) is 230 cm³/mol. The van der Waals surface area contributed by atoms with Gasteiger partial charge in [-0.05, 0) is 72.5 Å². The number of nitrogens with zero attached hydrogens (tertiary/aromatic N) is 6. The molecule has 0 unspecified atom stereocenters. The van der Waals surface area contributed by atoms with E-state index < -0.39 is 30.0 Å². The Bertz CT molecular complexity index is 2500. The van der Waals surface area contributed by atoms with Crippen molar-refractivity contribution in [1.82, 2.24) is 29.9 Å². The molecule has 0 bridgehead atoms. The van der Waals surface area contributed by atoms with Gasteiger partial charge in [-0.1, -0.05) is 60.7 Å². The van der Waals surface area contributed by atoms with Gasteiger partial charge in [-0.3, -0.25) is 9.11 Å². The van der Waals surface area contributed by atoms with Crippen LogP contribution in [-0.2, 0) is 20.2 Å². The quantitative estimate of drug-likeness (QED) is 0.0200. The van der Waals surface area contributed by atoms with E-state index >= 15 is 0 Å². The van der Waals surface area contributed by atoms with Crippen LogP contribution in [0.15, 0.2) is 107 Å². The Labute approximate surface area is 404 Å². The molecule has 0 aliphatic heterocycles. The average molecular weight is 905 g/mol. The molecule has 0 saturated carbocycles. The molecule has 0 saturated heterocycles. The van der Waals surface area contributed by atoms with Crippen molar-refractivity contribution in [2.24, 2.45) is 0 Å². The van der Waals surface area contributed by atoms with Crippen LogP contribution in [0.25, 0.3) is 12.2 Å². The third kappa shape index (κ3) is 14.9. The molecule has 0 aliphatic rings. The molecule has 62 heavy (non-hydrogen) atoms. The first kappa shape index (κ1) is 49.8. The number of para-hydroxylation sites is 2. The molecular formula is C38H42N12Na2O8S2. The second kappa shape index (κ2) is 23.6. The van der Waals surface area contributed by atoms with E-state index in [1.807, 2.05) is 36.4 Å². The first-order chi connectivity index (χ1) is 28.9. The van der Waals surface area contributed by atoms with Crippen molar-refractivity contribution in [1.29, 1.82) is 0 Å². The zero-order valence-electron chi connectivity index (χ0n) is 35.6. The van der Waals surface area contributed by atoms with Crippen molar-refractivity contribution in [3.63, 3.8) is 0 Å². The zero-order valence-corrected chi connectivity index (χ0v) is 39.2. The van der Waals surface area contributed by atoms with E-state index in [1.54, 1.807) is 24.3 Å². The van der Waals surface area contributed by atoms with Crippen LogP contribution in [-0.4, -0.2) is 92.4 Å². The average Bonchev–Trinajstić information content (AvgIpc) is 3.21. The van der Waals surface area contributed by atoms with Gasteiger partial charge in [0.25, 0.3) is 20.2 Å². The Balaban J connectivity index is 0.00000352. The molecule has 10 N–H and O–H groups in total. The molecule has 20 nitrogen and oxygen atoms in total. The number of benzene rings is 4. The Hall–Kier alpha value is -4.82. The third-order valence-corrected chi connectivity index (χ3v) is 9.92. The summed E-state index contributed by atoms with van der Waals surface area (Å²) in [5.74, 6) is 0.675. The summed E-state index contributed by atoms with van der Waals surface area (Å²) in [5, 5.41) is 36.4. The van der Waals surface area contributed by atoms with Gasteiger partial charge in [-0.2, -0.15) is 46.7 Å². The van der Waals surface area contributed by atoms with Crippen LogP contribution >= 0.6 is 0 Å². The van der Waals surface area contributed by atoms with E-state index in [-0.39, 0.29) is 133 Å². The van der Waals surface area contributed by atoms with Crippen LogP contribution in [0.2, 0.25) is 0 Å². The molecule has 0 atom stereocenters. The first-order valence-corrected chi connectivity index (χ1v) is 21.1. The van der Waals surface area contributed by atoms with Gasteiger partial charge in [-0.25, -0.2) is 0 Å². The molecular weight excluding hydrogens is 863 g/mol. The van der Waals surface area contributed by atoms with E-state index in [9.17, 15) is 36.2 Å². The first-order valence-electron chi connectivity index (χ1n) is 18.2. The van der Waals surface area contributed by atoms with E-state index in [0.717, 1.165) is 12.1 Å². The van der Waals surface area contributed by atoms with Gasteiger partial charge < -0.3 is 45.0 Å². The predicted octanol–water partition coefficient (Wildman–Crippen LogP) is -0.484. The maximum atomic E-state index is 12.6. The minimum atomic E-state index is -4.85. The van der Waals surface area contributed by atoms with Crippen LogP contribution < -0.4 is 91.0 Å². The van der Waals surface area contributed by atoms with Gasteiger partial charge in [0.05, 0.1) is 0 Å². The summed E-state index contributed by atoms with van der Waals surface area (Å²) in [6, 6.07) is 26.2. The fraction of sp³-hybridized carbons (Fsp3) is 0.158. The van der Waals surface area contributed by atoms with Crippen molar-refractivity contribution in [2.75, 3.05) is 58.2 Å². The number of aromatic nitrogens is 6. The monoisotopic (exact) mass is 904 g/mol. The summed E-state index contributed by atoms with van der Waals surface area (Å²) in [7, 11) is -9.70. The normalized spacial score (nSPS) is 11.2. The fourth-order valence-corrected chi connectivity index (χ4v) is 6.80. The molecule has 6 rings (SSSR count). The van der Waals surface area contributed by atoms with Crippen molar-refractivity contribution in [2.45, 2.75) is 22.6 Å². The zero-order chi connectivity index (χ0) is 42.5. The molecule has 2 aromatic heterocycles. The fourth-order valence-electron chi connectivity index (χ4n) is 5.38. The smallest absolute Gasteiger partial charge is 1.00 e. The van der Waals surface area contributed by atoms with Crippen LogP contribution in [0, 0.1) is 0 Å². The SMILES string of the molecule is O=S(=O)(O)c1cc(Nc2nc(NCCCO)nc(Nc3ccccc3)n2)ccc1/C=C/c1ccc(Nc2nc(NCCCO)nc(Nc3ccccc3)n2)cc1S(=O)(=O)O.[H-].[H-].[Na+].[Na+]. The summed E-state index contributed by atoms with van der Waals surface area (Å²) >= 11 is 0. The Kier molecular flexibility index (Phi) is 18.9. The summed E-state index contributed by atoms with van der Waals surface area (Å²) in [4.78, 5) is 25.1. The van der Waals surface area contributed by atoms with Crippen molar-refractivity contribution in [3.05, 3.63) is 108 Å². The number of aliphatic hydroxyl groups excluding tert-OH is 2. The van der Waals surface area contributed by atoms with Crippen LogP contribution in [0.1, 0.15) is 26.8 Å². The Morgan fingerprint density at radius 1 is 0.468 bits per heavy atom. The molecule has 24 heteroatoms. The van der Waals surface area contributed by atoms with Gasteiger partial charge in [0.15, 0.2) is 0 Å². The van der Waals surface area contributed by atoms with E-state index in [0.29, 0.717) is 37.3 Å². The van der Waals surface area contributed by atoms with Crippen LogP contribution in [0.5, 0.6) is 0 Å². The molecule has 0 amide bonds. The van der Waals surface area contributed by atoms with Crippen molar-refractivity contribution >= 4 is 90.8 Å². The third-order valence-electron chi connectivity index (χ3n) is 8.10. The number of hydrogen-bond donors (Lipinski definition) is 10. The van der Waals surface area contributed by atoms with Gasteiger partial charge in [-0.15, -0.1) is 0 Å². The number of hydrogen-bond acceptors (Lipinski definition) is 18. The number of nitrogens with one attached hydrogen (secondary N) is 6. The largest absolute Gasteiger partial charge is 1.00 e. The summed E-state index contributed by atoms with van der Waals surface area (Å²) in [5.41, 5.74) is 1.66. The molecule has 6 aromatic rings. The Morgan fingerprint density at radius 3 is 1.11 bits per heavy atom. The van der Waals surface area contributed by atoms with Gasteiger partial charge in [0.1, 0.15) is 9.79 Å². The standard InChI is InChI=1S/C38H40N12O8S2.2Na.2H/c51-21-7-19-39-33-45-35(41-27-9-3-1-4-10-27)49-37(47-33)43-29-17-15-25(31(23-29)59(53,54)55)13-14-26-16-18-30(24-32(26)60(56,57)58)44-38-48-34(40-20-8-22-52)46-36(50-38)42-28-11-5-2-6-12-28;;;;/h1-6,9-18,23-24,51-52H,7-8,19-22H2,(H,53,54,55)(H,56,57,58)(H3,39,41,43,45,47,49)(H3,40,42,44,46,48,50);;;;/q;2*+1;2*-1/b14-13+;;;;.